The zero-order valence-corrected chi connectivity index (χ0v) is 19.1. The molecule has 2 aromatic rings. The predicted molar refractivity (Wildman–Crippen MR) is 114 cm³/mol. The van der Waals surface area contributed by atoms with E-state index in [0.29, 0.717) is 37.3 Å². The molecule has 150 valence electrons. The number of carbonyl (C=O) groups is 2. The number of amides is 1. The van der Waals surface area contributed by atoms with E-state index in [-0.39, 0.29) is 11.7 Å². The van der Waals surface area contributed by atoms with Crippen LogP contribution in [0.2, 0.25) is 0 Å². The number of carbonyl (C=O) groups excluding carboxylic acids is 1. The molecule has 2 aromatic carbocycles. The minimum absolute atomic E-state index is 0.127. The maximum Gasteiger partial charge on any atom is 0.312 e. The molecular formula is C20H21Br2NO5. The molecule has 6 nitrogen and oxygen atoms in total. The van der Waals surface area contributed by atoms with Crippen LogP contribution in [0.15, 0.2) is 27.1 Å². The van der Waals surface area contributed by atoms with Crippen molar-refractivity contribution in [2.45, 2.75) is 40.0 Å². The number of aliphatic carboxylic acids is 1. The van der Waals surface area contributed by atoms with E-state index in [2.05, 4.69) is 37.2 Å². The number of aromatic hydroxyl groups is 1. The Morgan fingerprint density at radius 3 is 2.39 bits per heavy atom. The molecule has 0 aliphatic carbocycles. The van der Waals surface area contributed by atoms with Crippen molar-refractivity contribution in [1.29, 1.82) is 0 Å². The zero-order chi connectivity index (χ0) is 21.2. The van der Waals surface area contributed by atoms with Gasteiger partial charge in [0, 0.05) is 11.3 Å². The van der Waals surface area contributed by atoms with E-state index < -0.39 is 18.3 Å². The van der Waals surface area contributed by atoms with E-state index in [1.165, 1.54) is 0 Å². The summed E-state index contributed by atoms with van der Waals surface area (Å²) >= 11 is 6.93. The van der Waals surface area contributed by atoms with Gasteiger partial charge in [0.1, 0.15) is 17.9 Å². The number of halogens is 2. The van der Waals surface area contributed by atoms with Gasteiger partial charge in [-0.2, -0.15) is 0 Å². The van der Waals surface area contributed by atoms with Crippen molar-refractivity contribution in [3.8, 4) is 17.2 Å². The van der Waals surface area contributed by atoms with E-state index in [4.69, 9.17) is 9.84 Å². The number of ether oxygens (including phenoxy) is 1. The number of aryl methyl sites for hydroxylation is 1. The van der Waals surface area contributed by atoms with Gasteiger partial charge in [-0.15, -0.1) is 0 Å². The van der Waals surface area contributed by atoms with Crippen LogP contribution >= 0.6 is 31.9 Å². The van der Waals surface area contributed by atoms with Crippen LogP contribution in [0, 0.1) is 13.8 Å². The summed E-state index contributed by atoms with van der Waals surface area (Å²) in [5.41, 5.74) is 2.66. The average molecular weight is 515 g/mol. The SMILES string of the molecule is Cc1cc(Oc2c(Br)cc(NC(=O)CC(=O)O)c(C)c2Br)cc(C(C)C)c1O. The predicted octanol–water partition coefficient (Wildman–Crippen LogP) is 5.86. The number of hydrogen-bond acceptors (Lipinski definition) is 4. The summed E-state index contributed by atoms with van der Waals surface area (Å²) in [5, 5.41) is 21.6. The molecule has 28 heavy (non-hydrogen) atoms. The van der Waals surface area contributed by atoms with Gasteiger partial charge >= 0.3 is 5.97 Å². The highest BCUT2D eigenvalue weighted by atomic mass is 79.9. The lowest BCUT2D eigenvalue weighted by atomic mass is 9.99. The molecule has 0 heterocycles. The average Bonchev–Trinajstić information content (AvgIpc) is 2.58. The molecule has 0 unspecified atom stereocenters. The van der Waals surface area contributed by atoms with Crippen LogP contribution in [-0.2, 0) is 9.59 Å². The van der Waals surface area contributed by atoms with Crippen molar-refractivity contribution in [3.63, 3.8) is 0 Å². The third kappa shape index (κ3) is 5.05. The van der Waals surface area contributed by atoms with E-state index in [9.17, 15) is 14.7 Å². The second-order valence-corrected chi connectivity index (χ2v) is 8.37. The van der Waals surface area contributed by atoms with Gasteiger partial charge in [0.25, 0.3) is 0 Å². The molecule has 0 aliphatic rings. The molecule has 1 amide bonds. The van der Waals surface area contributed by atoms with Crippen LogP contribution in [0.4, 0.5) is 5.69 Å². The summed E-state index contributed by atoms with van der Waals surface area (Å²) in [4.78, 5) is 22.5. The molecule has 8 heteroatoms. The number of nitrogens with one attached hydrogen (secondary N) is 1. The largest absolute Gasteiger partial charge is 0.507 e. The Morgan fingerprint density at radius 1 is 1.18 bits per heavy atom. The van der Waals surface area contributed by atoms with Gasteiger partial charge in [0.15, 0.2) is 5.75 Å². The zero-order valence-electron chi connectivity index (χ0n) is 15.9. The van der Waals surface area contributed by atoms with E-state index >= 15 is 0 Å². The number of phenolic OH excluding ortho intramolecular Hbond substituents is 1. The first-order valence-corrected chi connectivity index (χ1v) is 10.1. The smallest absolute Gasteiger partial charge is 0.312 e. The normalized spacial score (nSPS) is 10.8. The first kappa shape index (κ1) is 22.2. The van der Waals surface area contributed by atoms with Crippen LogP contribution in [0.3, 0.4) is 0 Å². The molecule has 0 spiro atoms. The maximum atomic E-state index is 11.8. The lowest BCUT2D eigenvalue weighted by Gasteiger charge is -2.18. The first-order valence-electron chi connectivity index (χ1n) is 8.52. The van der Waals surface area contributed by atoms with Crippen molar-refractivity contribution in [2.24, 2.45) is 0 Å². The molecule has 3 N–H and O–H groups in total. The minimum atomic E-state index is -1.20. The molecular weight excluding hydrogens is 494 g/mol. The summed E-state index contributed by atoms with van der Waals surface area (Å²) < 4.78 is 7.25. The van der Waals surface area contributed by atoms with Crippen molar-refractivity contribution in [2.75, 3.05) is 5.32 Å². The van der Waals surface area contributed by atoms with Crippen molar-refractivity contribution in [3.05, 3.63) is 43.8 Å². The Hall–Kier alpha value is -2.06. The highest BCUT2D eigenvalue weighted by Crippen LogP contribution is 2.43. The van der Waals surface area contributed by atoms with E-state index in [1.807, 2.05) is 20.8 Å². The van der Waals surface area contributed by atoms with Crippen LogP contribution in [0.5, 0.6) is 17.2 Å². The number of carboxylic acids is 1. The molecule has 0 atom stereocenters. The summed E-state index contributed by atoms with van der Waals surface area (Å²) in [5.74, 6) is -0.345. The molecule has 0 aromatic heterocycles. The van der Waals surface area contributed by atoms with Gasteiger partial charge in [-0.25, -0.2) is 0 Å². The van der Waals surface area contributed by atoms with Crippen LogP contribution < -0.4 is 10.1 Å². The molecule has 0 aliphatic heterocycles. The van der Waals surface area contributed by atoms with Crippen LogP contribution in [-0.4, -0.2) is 22.1 Å². The first-order chi connectivity index (χ1) is 13.0. The summed E-state index contributed by atoms with van der Waals surface area (Å²) in [7, 11) is 0. The fourth-order valence-electron chi connectivity index (χ4n) is 2.64. The molecule has 2 rings (SSSR count). The van der Waals surface area contributed by atoms with Gasteiger partial charge in [-0.1, -0.05) is 13.8 Å². The number of anilines is 1. The third-order valence-corrected chi connectivity index (χ3v) is 5.70. The quantitative estimate of drug-likeness (QED) is 0.419. The number of phenols is 1. The maximum absolute atomic E-state index is 11.8. The van der Waals surface area contributed by atoms with E-state index in [1.54, 1.807) is 25.1 Å². The molecule has 0 saturated carbocycles. The second kappa shape index (κ2) is 8.96. The number of benzene rings is 2. The molecule has 0 radical (unpaired) electrons. The Morgan fingerprint density at radius 2 is 1.82 bits per heavy atom. The fourth-order valence-corrected chi connectivity index (χ4v) is 3.92. The summed E-state index contributed by atoms with van der Waals surface area (Å²) in [6, 6.07) is 5.20. The minimum Gasteiger partial charge on any atom is -0.507 e. The van der Waals surface area contributed by atoms with Gasteiger partial charge in [-0.3, -0.25) is 9.59 Å². The van der Waals surface area contributed by atoms with Crippen molar-refractivity contribution in [1.82, 2.24) is 0 Å². The van der Waals surface area contributed by atoms with E-state index in [0.717, 1.165) is 5.56 Å². The van der Waals surface area contributed by atoms with Crippen LogP contribution in [0.25, 0.3) is 0 Å². The van der Waals surface area contributed by atoms with Gasteiger partial charge in [0.2, 0.25) is 5.91 Å². The highest BCUT2D eigenvalue weighted by Gasteiger charge is 2.18. The Balaban J connectivity index is 2.39. The lowest BCUT2D eigenvalue weighted by molar-refractivity contribution is -0.139. The van der Waals surface area contributed by atoms with Crippen LogP contribution in [0.1, 0.15) is 42.9 Å². The Kier molecular flexibility index (Phi) is 7.11. The number of hydrogen-bond donors (Lipinski definition) is 3. The fraction of sp³-hybridized carbons (Fsp3) is 0.300. The Bertz CT molecular complexity index is 941. The van der Waals surface area contributed by atoms with Crippen molar-refractivity contribution >= 4 is 49.4 Å². The number of rotatable bonds is 6. The van der Waals surface area contributed by atoms with Crippen molar-refractivity contribution < 1.29 is 24.5 Å². The van der Waals surface area contributed by atoms with Gasteiger partial charge in [0.05, 0.1) is 8.95 Å². The van der Waals surface area contributed by atoms with Gasteiger partial charge < -0.3 is 20.3 Å². The topological polar surface area (TPSA) is 95.9 Å². The Labute approximate surface area is 180 Å². The summed E-state index contributed by atoms with van der Waals surface area (Å²) in [6.07, 6.45) is -0.613. The van der Waals surface area contributed by atoms with Gasteiger partial charge in [-0.05, 0) is 81.0 Å². The lowest BCUT2D eigenvalue weighted by Crippen LogP contribution is -2.16. The number of carboxylic acid groups (broad SMARTS) is 1. The highest BCUT2D eigenvalue weighted by molar-refractivity contribution is 9.11. The monoisotopic (exact) mass is 513 g/mol. The summed E-state index contributed by atoms with van der Waals surface area (Å²) in [6.45, 7) is 7.57. The molecule has 0 saturated heterocycles. The molecule has 0 fully saturated rings. The second-order valence-electron chi connectivity index (χ2n) is 6.73. The molecule has 0 bridgehead atoms. The standard InChI is InChI=1S/C20H21Br2NO5/c1-9(2)13-6-12(5-10(3)19(13)27)28-20-14(21)7-15(11(4)18(20)22)23-16(24)8-17(25)26/h5-7,9,27H,8H2,1-4H3,(H,23,24)(H,25,26). The third-order valence-electron chi connectivity index (χ3n) is 4.15.